The number of fused-ring (bicyclic) bond motifs is 2. The first-order valence-corrected chi connectivity index (χ1v) is 13.3. The molecule has 5 aliphatic rings. The molecule has 3 bridgehead atoms. The van der Waals surface area contributed by atoms with E-state index in [1.807, 2.05) is 0 Å². The van der Waals surface area contributed by atoms with Crippen molar-refractivity contribution in [3.63, 3.8) is 0 Å². The minimum Gasteiger partial charge on any atom is -0.376 e. The molecule has 5 fully saturated rings. The number of nitrogens with one attached hydrogen (secondary N) is 2. The number of carbonyl (C=O) groups is 1. The molecule has 1 saturated heterocycles. The third-order valence-corrected chi connectivity index (χ3v) is 9.22. The van der Waals surface area contributed by atoms with Gasteiger partial charge in [0.05, 0.1) is 17.4 Å². The maximum absolute atomic E-state index is 13.6. The maximum Gasteiger partial charge on any atom is 0.254 e. The van der Waals surface area contributed by atoms with Gasteiger partial charge in [-0.2, -0.15) is 0 Å². The summed E-state index contributed by atoms with van der Waals surface area (Å²) in [5.41, 5.74) is 1.68. The van der Waals surface area contributed by atoms with Crippen LogP contribution >= 0.6 is 0 Å². The highest BCUT2D eigenvalue weighted by molar-refractivity contribution is 5.95. The van der Waals surface area contributed by atoms with Crippen LogP contribution in [-0.2, 0) is 4.74 Å². The quantitative estimate of drug-likeness (QED) is 0.675. The molecule has 1 aromatic rings. The summed E-state index contributed by atoms with van der Waals surface area (Å²) in [7, 11) is 0. The monoisotopic (exact) mass is 438 g/mol. The molecule has 4 saturated carbocycles. The SMILES string of the molecule is O=C(N[C@H]1C2CC3CCCC1C(C3)C2)c1cnc(NCC2CCCO2)nc1C1CCCC1. The zero-order valence-electron chi connectivity index (χ0n) is 19.2. The van der Waals surface area contributed by atoms with Crippen molar-refractivity contribution >= 4 is 11.9 Å². The van der Waals surface area contributed by atoms with E-state index < -0.39 is 0 Å². The van der Waals surface area contributed by atoms with E-state index in [1.165, 1.54) is 51.4 Å². The molecule has 6 heteroatoms. The van der Waals surface area contributed by atoms with E-state index in [1.54, 1.807) is 6.20 Å². The molecule has 32 heavy (non-hydrogen) atoms. The Labute approximate surface area is 191 Å². The van der Waals surface area contributed by atoms with Crippen LogP contribution in [0.3, 0.4) is 0 Å². The summed E-state index contributed by atoms with van der Waals surface area (Å²) in [6.45, 7) is 1.59. The number of hydrogen-bond donors (Lipinski definition) is 2. The Kier molecular flexibility index (Phi) is 5.82. The van der Waals surface area contributed by atoms with Gasteiger partial charge >= 0.3 is 0 Å². The largest absolute Gasteiger partial charge is 0.376 e. The Morgan fingerprint density at radius 1 is 1.00 bits per heavy atom. The number of anilines is 1. The van der Waals surface area contributed by atoms with Crippen LogP contribution in [0.25, 0.3) is 0 Å². The van der Waals surface area contributed by atoms with E-state index >= 15 is 0 Å². The van der Waals surface area contributed by atoms with Crippen LogP contribution in [0, 0.1) is 23.7 Å². The van der Waals surface area contributed by atoms with Crippen molar-refractivity contribution in [1.82, 2.24) is 15.3 Å². The van der Waals surface area contributed by atoms with Crippen LogP contribution < -0.4 is 10.6 Å². The Balaban J connectivity index is 1.20. The third kappa shape index (κ3) is 4.04. The number of hydrogen-bond acceptors (Lipinski definition) is 5. The van der Waals surface area contributed by atoms with Crippen LogP contribution in [0.2, 0.25) is 0 Å². The normalized spacial score (nSPS) is 36.4. The van der Waals surface area contributed by atoms with Crippen molar-refractivity contribution in [3.05, 3.63) is 17.5 Å². The molecule has 1 amide bonds. The molecule has 0 aromatic carbocycles. The van der Waals surface area contributed by atoms with Gasteiger partial charge in [0, 0.05) is 31.3 Å². The molecule has 6 atom stereocenters. The summed E-state index contributed by atoms with van der Waals surface area (Å²) in [5.74, 6) is 4.18. The number of ether oxygens (including phenoxy) is 1. The lowest BCUT2D eigenvalue weighted by Crippen LogP contribution is -2.42. The number of aromatic nitrogens is 2. The number of amides is 1. The molecule has 0 radical (unpaired) electrons. The molecule has 6 nitrogen and oxygen atoms in total. The van der Waals surface area contributed by atoms with Crippen LogP contribution in [0.15, 0.2) is 6.20 Å². The van der Waals surface area contributed by atoms with Crippen molar-refractivity contribution in [2.75, 3.05) is 18.5 Å². The van der Waals surface area contributed by atoms with E-state index in [9.17, 15) is 4.79 Å². The van der Waals surface area contributed by atoms with Crippen molar-refractivity contribution in [1.29, 1.82) is 0 Å². The first-order valence-electron chi connectivity index (χ1n) is 13.3. The van der Waals surface area contributed by atoms with Gasteiger partial charge in [-0.1, -0.05) is 25.7 Å². The Hall–Kier alpha value is -1.69. The standard InChI is InChI=1S/C26H38N4O2/c31-25(29-24-19-12-16-5-3-9-21(24)18(11-16)13-19)22-15-28-26(27-14-20-8-4-10-32-20)30-23(22)17-6-1-2-7-17/h15-21,24H,1-14H2,(H,29,31)(H,27,28,30)/t16?,18?,19?,20?,21?,24-/m0/s1. The highest BCUT2D eigenvalue weighted by Gasteiger charge is 2.49. The third-order valence-electron chi connectivity index (χ3n) is 9.22. The lowest BCUT2D eigenvalue weighted by molar-refractivity contribution is 0.0905. The fraction of sp³-hybridized carbons (Fsp3) is 0.808. The lowest BCUT2D eigenvalue weighted by atomic mass is 9.79. The summed E-state index contributed by atoms with van der Waals surface area (Å²) in [6.07, 6.45) is 17.0. The Bertz CT molecular complexity index is 833. The summed E-state index contributed by atoms with van der Waals surface area (Å²) in [4.78, 5) is 23.0. The first-order chi connectivity index (χ1) is 15.7. The van der Waals surface area contributed by atoms with Crippen LogP contribution in [0.5, 0.6) is 0 Å². The van der Waals surface area contributed by atoms with Gasteiger partial charge in [-0.05, 0) is 75.0 Å². The first kappa shape index (κ1) is 20.9. The summed E-state index contributed by atoms with van der Waals surface area (Å²) < 4.78 is 5.73. The summed E-state index contributed by atoms with van der Waals surface area (Å²) >= 11 is 0. The minimum absolute atomic E-state index is 0.0669. The molecule has 174 valence electrons. The predicted octanol–water partition coefficient (Wildman–Crippen LogP) is 4.67. The molecule has 6 rings (SSSR count). The predicted molar refractivity (Wildman–Crippen MR) is 124 cm³/mol. The number of nitrogens with zero attached hydrogens (tertiary/aromatic N) is 2. The van der Waals surface area contributed by atoms with Gasteiger partial charge in [0.1, 0.15) is 0 Å². The van der Waals surface area contributed by atoms with E-state index in [2.05, 4.69) is 15.6 Å². The van der Waals surface area contributed by atoms with Crippen LogP contribution in [0.1, 0.15) is 99.0 Å². The molecule has 2 heterocycles. The molecule has 1 aliphatic heterocycles. The maximum atomic E-state index is 13.6. The van der Waals surface area contributed by atoms with Gasteiger partial charge in [-0.15, -0.1) is 0 Å². The fourth-order valence-electron chi connectivity index (χ4n) is 7.74. The Morgan fingerprint density at radius 2 is 1.88 bits per heavy atom. The van der Waals surface area contributed by atoms with Crippen LogP contribution in [0.4, 0.5) is 5.95 Å². The van der Waals surface area contributed by atoms with Gasteiger partial charge in [0.15, 0.2) is 0 Å². The van der Waals surface area contributed by atoms with Crippen LogP contribution in [-0.4, -0.2) is 41.2 Å². The highest BCUT2D eigenvalue weighted by atomic mass is 16.5. The second-order valence-electron chi connectivity index (χ2n) is 11.2. The second kappa shape index (κ2) is 8.92. The van der Waals surface area contributed by atoms with E-state index in [4.69, 9.17) is 9.72 Å². The molecule has 2 N–H and O–H groups in total. The average Bonchev–Trinajstić information content (AvgIpc) is 3.54. The minimum atomic E-state index is 0.0669. The molecule has 4 aliphatic carbocycles. The fourth-order valence-corrected chi connectivity index (χ4v) is 7.74. The lowest BCUT2D eigenvalue weighted by Gasteiger charge is -2.30. The molecule has 1 aromatic heterocycles. The molecular formula is C26H38N4O2. The molecular weight excluding hydrogens is 400 g/mol. The van der Waals surface area contributed by atoms with Crippen molar-refractivity contribution in [2.45, 2.75) is 95.1 Å². The summed E-state index contributed by atoms with van der Waals surface area (Å²) in [6, 6.07) is 0.353. The van der Waals surface area contributed by atoms with Gasteiger partial charge in [-0.25, -0.2) is 9.97 Å². The zero-order valence-corrected chi connectivity index (χ0v) is 19.2. The van der Waals surface area contributed by atoms with Gasteiger partial charge in [0.25, 0.3) is 5.91 Å². The Morgan fingerprint density at radius 3 is 2.72 bits per heavy atom. The van der Waals surface area contributed by atoms with E-state index in [0.717, 1.165) is 56.4 Å². The van der Waals surface area contributed by atoms with E-state index in [0.29, 0.717) is 35.3 Å². The number of rotatable bonds is 6. The van der Waals surface area contributed by atoms with Crippen molar-refractivity contribution in [2.24, 2.45) is 23.7 Å². The zero-order chi connectivity index (χ0) is 21.5. The van der Waals surface area contributed by atoms with Gasteiger partial charge < -0.3 is 15.4 Å². The van der Waals surface area contributed by atoms with Crippen molar-refractivity contribution < 1.29 is 9.53 Å². The average molecular weight is 439 g/mol. The van der Waals surface area contributed by atoms with Crippen molar-refractivity contribution in [3.8, 4) is 0 Å². The molecule has 0 spiro atoms. The highest BCUT2D eigenvalue weighted by Crippen LogP contribution is 2.53. The van der Waals surface area contributed by atoms with Gasteiger partial charge in [-0.3, -0.25) is 4.79 Å². The smallest absolute Gasteiger partial charge is 0.254 e. The molecule has 5 unspecified atom stereocenters. The topological polar surface area (TPSA) is 76.1 Å². The van der Waals surface area contributed by atoms with Gasteiger partial charge in [0.2, 0.25) is 5.95 Å². The van der Waals surface area contributed by atoms with E-state index in [-0.39, 0.29) is 12.0 Å². The summed E-state index contributed by atoms with van der Waals surface area (Å²) in [5, 5.41) is 6.89. The second-order valence-corrected chi connectivity index (χ2v) is 11.2. The number of carbonyl (C=O) groups excluding carboxylic acids is 1.